The first-order chi connectivity index (χ1) is 14.7. The molecule has 1 aromatic carbocycles. The predicted molar refractivity (Wildman–Crippen MR) is 114 cm³/mol. The quantitative estimate of drug-likeness (QED) is 0.518. The number of aromatic nitrogens is 3. The van der Waals surface area contributed by atoms with E-state index in [4.69, 9.17) is 13.9 Å². The van der Waals surface area contributed by atoms with Crippen molar-refractivity contribution in [2.24, 2.45) is 0 Å². The second kappa shape index (κ2) is 9.82. The number of amides is 1. The lowest BCUT2D eigenvalue weighted by atomic mass is 10.2. The topological polar surface area (TPSA) is 91.4 Å². The third kappa shape index (κ3) is 4.85. The Kier molecular flexibility index (Phi) is 6.70. The van der Waals surface area contributed by atoms with Crippen LogP contribution in [-0.4, -0.2) is 45.7 Å². The van der Waals surface area contributed by atoms with E-state index in [1.54, 1.807) is 6.26 Å². The SMILES string of the molecule is CCOc1ccccc1NC(=O)CSc1nnc(-c2ccco2)n1CC1CCCO1. The van der Waals surface area contributed by atoms with E-state index in [1.165, 1.54) is 11.8 Å². The summed E-state index contributed by atoms with van der Waals surface area (Å²) < 4.78 is 18.8. The van der Waals surface area contributed by atoms with E-state index >= 15 is 0 Å². The van der Waals surface area contributed by atoms with E-state index in [0.717, 1.165) is 19.4 Å². The molecule has 2 aromatic heterocycles. The number of anilines is 1. The van der Waals surface area contributed by atoms with Crippen LogP contribution in [0.3, 0.4) is 0 Å². The third-order valence-corrected chi connectivity index (χ3v) is 5.63. The Morgan fingerprint density at radius 2 is 2.20 bits per heavy atom. The van der Waals surface area contributed by atoms with Crippen molar-refractivity contribution >= 4 is 23.4 Å². The summed E-state index contributed by atoms with van der Waals surface area (Å²) in [6.07, 6.45) is 3.76. The zero-order valence-corrected chi connectivity index (χ0v) is 17.6. The summed E-state index contributed by atoms with van der Waals surface area (Å²) in [7, 11) is 0. The number of benzene rings is 1. The lowest BCUT2D eigenvalue weighted by Gasteiger charge is -2.14. The smallest absolute Gasteiger partial charge is 0.234 e. The molecule has 1 atom stereocenters. The molecule has 3 aromatic rings. The van der Waals surface area contributed by atoms with E-state index in [-0.39, 0.29) is 17.8 Å². The minimum absolute atomic E-state index is 0.112. The first-order valence-electron chi connectivity index (χ1n) is 9.97. The normalized spacial score (nSPS) is 16.0. The van der Waals surface area contributed by atoms with Crippen molar-refractivity contribution in [3.8, 4) is 17.3 Å². The lowest BCUT2D eigenvalue weighted by Crippen LogP contribution is -2.18. The molecule has 1 unspecified atom stereocenters. The van der Waals surface area contributed by atoms with Gasteiger partial charge in [0.2, 0.25) is 11.7 Å². The number of nitrogens with zero attached hydrogens (tertiary/aromatic N) is 3. The van der Waals surface area contributed by atoms with E-state index in [1.807, 2.05) is 47.9 Å². The van der Waals surface area contributed by atoms with Crippen LogP contribution in [0.5, 0.6) is 5.75 Å². The molecular weight excluding hydrogens is 404 g/mol. The average molecular weight is 429 g/mol. The van der Waals surface area contributed by atoms with Crippen LogP contribution >= 0.6 is 11.8 Å². The van der Waals surface area contributed by atoms with E-state index in [0.29, 0.717) is 41.3 Å². The molecule has 0 radical (unpaired) electrons. The van der Waals surface area contributed by atoms with Crippen LogP contribution in [0, 0.1) is 0 Å². The highest BCUT2D eigenvalue weighted by atomic mass is 32.2. The number of hydrogen-bond donors (Lipinski definition) is 1. The summed E-state index contributed by atoms with van der Waals surface area (Å²) in [6, 6.07) is 11.1. The summed E-state index contributed by atoms with van der Waals surface area (Å²) >= 11 is 1.33. The Morgan fingerprint density at radius 3 is 2.97 bits per heavy atom. The van der Waals surface area contributed by atoms with Crippen molar-refractivity contribution in [1.82, 2.24) is 14.8 Å². The summed E-state index contributed by atoms with van der Waals surface area (Å²) in [4.78, 5) is 12.5. The molecule has 1 amide bonds. The van der Waals surface area contributed by atoms with Crippen LogP contribution in [0.4, 0.5) is 5.69 Å². The second-order valence-electron chi connectivity index (χ2n) is 6.80. The van der Waals surface area contributed by atoms with Gasteiger partial charge in [-0.15, -0.1) is 10.2 Å². The molecule has 1 aliphatic rings. The average Bonchev–Trinajstić information content (AvgIpc) is 3.51. The molecule has 9 heteroatoms. The zero-order chi connectivity index (χ0) is 20.8. The molecule has 8 nitrogen and oxygen atoms in total. The summed E-state index contributed by atoms with van der Waals surface area (Å²) in [5, 5.41) is 12.2. The van der Waals surface area contributed by atoms with Gasteiger partial charge in [-0.2, -0.15) is 0 Å². The van der Waals surface area contributed by atoms with Crippen LogP contribution in [0.2, 0.25) is 0 Å². The summed E-state index contributed by atoms with van der Waals surface area (Å²) in [5.41, 5.74) is 0.655. The first kappa shape index (κ1) is 20.5. The minimum Gasteiger partial charge on any atom is -0.492 e. The molecule has 0 spiro atoms. The molecule has 1 fully saturated rings. The van der Waals surface area contributed by atoms with Gasteiger partial charge in [0, 0.05) is 6.61 Å². The molecule has 0 aliphatic carbocycles. The fourth-order valence-electron chi connectivity index (χ4n) is 3.31. The highest BCUT2D eigenvalue weighted by molar-refractivity contribution is 7.99. The molecule has 1 N–H and O–H groups in total. The number of rotatable bonds is 9. The minimum atomic E-state index is -0.140. The number of hydrogen-bond acceptors (Lipinski definition) is 7. The van der Waals surface area contributed by atoms with Gasteiger partial charge in [-0.1, -0.05) is 23.9 Å². The number of para-hydroxylation sites is 2. The van der Waals surface area contributed by atoms with Gasteiger partial charge in [0.1, 0.15) is 5.75 Å². The maximum atomic E-state index is 12.5. The van der Waals surface area contributed by atoms with Gasteiger partial charge in [0.25, 0.3) is 0 Å². The lowest BCUT2D eigenvalue weighted by molar-refractivity contribution is -0.113. The maximum absolute atomic E-state index is 12.5. The fourth-order valence-corrected chi connectivity index (χ4v) is 4.06. The zero-order valence-electron chi connectivity index (χ0n) is 16.7. The van der Waals surface area contributed by atoms with Gasteiger partial charge >= 0.3 is 0 Å². The molecule has 1 aliphatic heterocycles. The molecule has 0 bridgehead atoms. The molecular formula is C21H24N4O4S. The van der Waals surface area contributed by atoms with E-state index < -0.39 is 0 Å². The fraction of sp³-hybridized carbons (Fsp3) is 0.381. The monoisotopic (exact) mass is 428 g/mol. The molecule has 158 valence electrons. The number of carbonyl (C=O) groups excluding carboxylic acids is 1. The van der Waals surface area contributed by atoms with Crippen molar-refractivity contribution in [3.05, 3.63) is 42.7 Å². The molecule has 4 rings (SSSR count). The molecule has 1 saturated heterocycles. The Bertz CT molecular complexity index is 967. The predicted octanol–water partition coefficient (Wildman–Crippen LogP) is 3.85. The highest BCUT2D eigenvalue weighted by Gasteiger charge is 2.23. The Balaban J connectivity index is 1.45. The van der Waals surface area contributed by atoms with Crippen LogP contribution in [0.25, 0.3) is 11.6 Å². The number of nitrogens with one attached hydrogen (secondary N) is 1. The van der Waals surface area contributed by atoms with E-state index in [2.05, 4.69) is 15.5 Å². The van der Waals surface area contributed by atoms with Gasteiger partial charge in [-0.3, -0.25) is 9.36 Å². The third-order valence-electron chi connectivity index (χ3n) is 4.66. The van der Waals surface area contributed by atoms with Gasteiger partial charge in [0.05, 0.1) is 37.0 Å². The van der Waals surface area contributed by atoms with Gasteiger partial charge < -0.3 is 19.2 Å². The summed E-state index contributed by atoms with van der Waals surface area (Å²) in [6.45, 7) is 3.84. The highest BCUT2D eigenvalue weighted by Crippen LogP contribution is 2.28. The molecule has 0 saturated carbocycles. The van der Waals surface area contributed by atoms with E-state index in [9.17, 15) is 4.79 Å². The molecule has 30 heavy (non-hydrogen) atoms. The van der Waals surface area contributed by atoms with Gasteiger partial charge in [-0.25, -0.2) is 0 Å². The number of thioether (sulfide) groups is 1. The first-order valence-corrected chi connectivity index (χ1v) is 11.0. The number of carbonyl (C=O) groups is 1. The van der Waals surface area contributed by atoms with Crippen molar-refractivity contribution in [2.75, 3.05) is 24.3 Å². The van der Waals surface area contributed by atoms with Gasteiger partial charge in [0.15, 0.2) is 10.9 Å². The molecule has 3 heterocycles. The van der Waals surface area contributed by atoms with Crippen molar-refractivity contribution in [2.45, 2.75) is 37.6 Å². The Morgan fingerprint density at radius 1 is 1.30 bits per heavy atom. The van der Waals surface area contributed by atoms with Crippen molar-refractivity contribution in [1.29, 1.82) is 0 Å². The standard InChI is InChI=1S/C21H24N4O4S/c1-2-27-17-9-4-3-8-16(17)22-19(26)14-30-21-24-23-20(18-10-6-12-29-18)25(21)13-15-7-5-11-28-15/h3-4,6,8-10,12,15H,2,5,7,11,13-14H2,1H3,(H,22,26). The maximum Gasteiger partial charge on any atom is 0.234 e. The Hall–Kier alpha value is -2.78. The van der Waals surface area contributed by atoms with Crippen LogP contribution in [0.15, 0.2) is 52.2 Å². The number of furan rings is 1. The van der Waals surface area contributed by atoms with Gasteiger partial charge in [-0.05, 0) is 44.0 Å². The van der Waals surface area contributed by atoms with Crippen LogP contribution in [0.1, 0.15) is 19.8 Å². The van der Waals surface area contributed by atoms with Crippen molar-refractivity contribution in [3.63, 3.8) is 0 Å². The largest absolute Gasteiger partial charge is 0.492 e. The van der Waals surface area contributed by atoms with Crippen LogP contribution < -0.4 is 10.1 Å². The van der Waals surface area contributed by atoms with Crippen LogP contribution in [-0.2, 0) is 16.1 Å². The van der Waals surface area contributed by atoms with Crippen molar-refractivity contribution < 1.29 is 18.7 Å². The Labute approximate surface area is 179 Å². The second-order valence-corrected chi connectivity index (χ2v) is 7.74. The number of ether oxygens (including phenoxy) is 2. The summed E-state index contributed by atoms with van der Waals surface area (Å²) in [5.74, 6) is 1.99.